The molecule has 2 aromatic rings. The molecule has 0 aliphatic rings. The second-order valence-electron chi connectivity index (χ2n) is 4.53. The lowest BCUT2D eigenvalue weighted by Crippen LogP contribution is -2.14. The number of aromatic carboxylic acids is 1. The van der Waals surface area contributed by atoms with Crippen LogP contribution in [0.5, 0.6) is 5.75 Å². The number of nitrogens with two attached hydrogens (primary N) is 1. The van der Waals surface area contributed by atoms with E-state index >= 15 is 0 Å². The first-order chi connectivity index (χ1) is 10.6. The molecule has 0 saturated carbocycles. The number of anilines is 1. The zero-order chi connectivity index (χ0) is 17.4. The van der Waals surface area contributed by atoms with Crippen molar-refractivity contribution in [2.75, 3.05) is 5.73 Å². The van der Waals surface area contributed by atoms with Crippen LogP contribution in [0.15, 0.2) is 41.3 Å². The van der Waals surface area contributed by atoms with E-state index in [0.717, 1.165) is 12.1 Å². The Hall–Kier alpha value is -2.91. The molecule has 0 fully saturated rings. The highest BCUT2D eigenvalue weighted by atomic mass is 32.2. The minimum Gasteiger partial charge on any atom is -0.507 e. The van der Waals surface area contributed by atoms with Gasteiger partial charge in [-0.2, -0.15) is 8.42 Å². The number of nitrogen functional groups attached to an aromatic ring is 1. The summed E-state index contributed by atoms with van der Waals surface area (Å²) in [5.74, 6) is -3.00. The summed E-state index contributed by atoms with van der Waals surface area (Å²) in [6.45, 7) is 0. The van der Waals surface area contributed by atoms with E-state index in [0.29, 0.717) is 0 Å². The molecule has 0 heterocycles. The largest absolute Gasteiger partial charge is 0.507 e. The number of carboxylic acid groups (broad SMARTS) is 1. The molecule has 0 spiro atoms. The van der Waals surface area contributed by atoms with Crippen molar-refractivity contribution >= 4 is 27.6 Å². The van der Waals surface area contributed by atoms with E-state index in [2.05, 4.69) is 0 Å². The lowest BCUT2D eigenvalue weighted by atomic mass is 9.96. The Kier molecular flexibility index (Phi) is 4.08. The molecule has 2 aromatic carbocycles. The average Bonchev–Trinajstić information content (AvgIpc) is 2.45. The topological polar surface area (TPSA) is 155 Å². The summed E-state index contributed by atoms with van der Waals surface area (Å²) in [5.41, 5.74) is 3.67. The highest BCUT2D eigenvalue weighted by Crippen LogP contribution is 2.32. The van der Waals surface area contributed by atoms with Crippen LogP contribution in [0, 0.1) is 0 Å². The monoisotopic (exact) mass is 337 g/mol. The van der Waals surface area contributed by atoms with Gasteiger partial charge in [0.05, 0.1) is 16.8 Å². The summed E-state index contributed by atoms with van der Waals surface area (Å²) in [5, 5.41) is 18.9. The number of aromatic hydroxyl groups is 1. The fourth-order valence-corrected chi connectivity index (χ4v) is 2.67. The second kappa shape index (κ2) is 5.71. The number of hydrogen-bond acceptors (Lipinski definition) is 6. The average molecular weight is 337 g/mol. The van der Waals surface area contributed by atoms with Crippen molar-refractivity contribution in [1.29, 1.82) is 0 Å². The molecule has 5 N–H and O–H groups in total. The van der Waals surface area contributed by atoms with Gasteiger partial charge < -0.3 is 15.9 Å². The number of carboxylic acids is 1. The quantitative estimate of drug-likeness (QED) is 0.368. The van der Waals surface area contributed by atoms with Gasteiger partial charge >= 0.3 is 5.97 Å². The Bertz CT molecular complexity index is 919. The third kappa shape index (κ3) is 3.00. The van der Waals surface area contributed by atoms with Crippen molar-refractivity contribution in [3.05, 3.63) is 53.1 Å². The van der Waals surface area contributed by atoms with Gasteiger partial charge in [0.2, 0.25) is 0 Å². The molecule has 0 saturated heterocycles. The summed E-state index contributed by atoms with van der Waals surface area (Å²) in [6.07, 6.45) is 0. The summed E-state index contributed by atoms with van der Waals surface area (Å²) in [6, 6.07) is 6.88. The van der Waals surface area contributed by atoms with Gasteiger partial charge in [-0.3, -0.25) is 9.35 Å². The first kappa shape index (κ1) is 16.5. The number of carbonyl (C=O) groups excluding carboxylic acids is 1. The molecule has 8 nitrogen and oxygen atoms in total. The van der Waals surface area contributed by atoms with E-state index in [-0.39, 0.29) is 11.1 Å². The van der Waals surface area contributed by atoms with Crippen molar-refractivity contribution in [2.45, 2.75) is 4.90 Å². The molecule has 2 rings (SSSR count). The van der Waals surface area contributed by atoms with Gasteiger partial charge in [-0.1, -0.05) is 18.2 Å². The molecule has 0 radical (unpaired) electrons. The number of phenolic OH excluding ortho intramolecular Hbond substituents is 1. The maximum absolute atomic E-state index is 12.5. The van der Waals surface area contributed by atoms with Gasteiger partial charge in [-0.05, 0) is 18.2 Å². The van der Waals surface area contributed by atoms with Gasteiger partial charge in [-0.15, -0.1) is 0 Å². The number of hydrogen-bond donors (Lipinski definition) is 4. The van der Waals surface area contributed by atoms with E-state index in [1.165, 1.54) is 24.3 Å². The number of carbonyl (C=O) groups is 2. The third-order valence-electron chi connectivity index (χ3n) is 3.09. The molecule has 0 aromatic heterocycles. The molecule has 9 heteroatoms. The first-order valence-corrected chi connectivity index (χ1v) is 7.54. The van der Waals surface area contributed by atoms with Crippen molar-refractivity contribution in [3.8, 4) is 5.75 Å². The van der Waals surface area contributed by atoms with E-state index < -0.39 is 43.8 Å². The van der Waals surface area contributed by atoms with Crippen molar-refractivity contribution in [3.63, 3.8) is 0 Å². The van der Waals surface area contributed by atoms with Crippen LogP contribution in [-0.4, -0.2) is 34.9 Å². The SMILES string of the molecule is Nc1c(S(=O)(=O)O)ccc(O)c1C(=O)c1ccccc1C(=O)O. The zero-order valence-electron chi connectivity index (χ0n) is 11.4. The lowest BCUT2D eigenvalue weighted by Gasteiger charge is -2.11. The van der Waals surface area contributed by atoms with Crippen LogP contribution in [0.25, 0.3) is 0 Å². The van der Waals surface area contributed by atoms with Gasteiger partial charge in [-0.25, -0.2) is 4.79 Å². The third-order valence-corrected chi connectivity index (χ3v) is 4.00. The van der Waals surface area contributed by atoms with Crippen LogP contribution in [0.4, 0.5) is 5.69 Å². The summed E-state index contributed by atoms with van der Waals surface area (Å²) in [7, 11) is -4.72. The van der Waals surface area contributed by atoms with E-state index in [4.69, 9.17) is 15.4 Å². The minimum atomic E-state index is -4.72. The number of phenols is 1. The molecule has 23 heavy (non-hydrogen) atoms. The van der Waals surface area contributed by atoms with Gasteiger partial charge in [0.25, 0.3) is 10.1 Å². The maximum Gasteiger partial charge on any atom is 0.336 e. The van der Waals surface area contributed by atoms with Crippen LogP contribution < -0.4 is 5.73 Å². The molecule has 0 aliphatic heterocycles. The Morgan fingerprint density at radius 2 is 1.57 bits per heavy atom. The van der Waals surface area contributed by atoms with Crippen LogP contribution in [-0.2, 0) is 10.1 Å². The number of rotatable bonds is 4. The minimum absolute atomic E-state index is 0.283. The van der Waals surface area contributed by atoms with Crippen LogP contribution >= 0.6 is 0 Å². The van der Waals surface area contributed by atoms with Gasteiger partial charge in [0.1, 0.15) is 10.6 Å². The standard InChI is InChI=1S/C14H11NO7S/c15-12-10(23(20,21)22)6-5-9(16)11(12)13(17)7-3-1-2-4-8(7)14(18)19/h1-6,16H,15H2,(H,18,19)(H,20,21,22). The van der Waals surface area contributed by atoms with Crippen molar-refractivity contribution in [2.24, 2.45) is 0 Å². The summed E-state index contributed by atoms with van der Waals surface area (Å²) >= 11 is 0. The fraction of sp³-hybridized carbons (Fsp3) is 0. The molecule has 0 amide bonds. The van der Waals surface area contributed by atoms with Crippen LogP contribution in [0.2, 0.25) is 0 Å². The molecule has 120 valence electrons. The Labute approximate surface area is 130 Å². The molecule has 0 unspecified atom stereocenters. The van der Waals surface area contributed by atoms with E-state index in [1.54, 1.807) is 0 Å². The summed E-state index contributed by atoms with van der Waals surface area (Å²) < 4.78 is 31.6. The highest BCUT2D eigenvalue weighted by Gasteiger charge is 2.26. The summed E-state index contributed by atoms with van der Waals surface area (Å²) in [4.78, 5) is 22.9. The number of ketones is 1. The van der Waals surface area contributed by atoms with E-state index in [9.17, 15) is 23.1 Å². The Morgan fingerprint density at radius 1 is 1.00 bits per heavy atom. The predicted octanol–water partition coefficient (Wildman–Crippen LogP) is 1.15. The second-order valence-corrected chi connectivity index (χ2v) is 5.92. The van der Waals surface area contributed by atoms with Crippen molar-refractivity contribution < 1.29 is 32.8 Å². The Morgan fingerprint density at radius 3 is 2.09 bits per heavy atom. The van der Waals surface area contributed by atoms with Crippen molar-refractivity contribution in [1.82, 2.24) is 0 Å². The maximum atomic E-state index is 12.5. The molecule has 0 atom stereocenters. The zero-order valence-corrected chi connectivity index (χ0v) is 12.2. The molecule has 0 aliphatic carbocycles. The fourth-order valence-electron chi connectivity index (χ4n) is 2.05. The van der Waals surface area contributed by atoms with Gasteiger partial charge in [0.15, 0.2) is 5.78 Å². The predicted molar refractivity (Wildman–Crippen MR) is 79.2 cm³/mol. The normalized spacial score (nSPS) is 11.2. The van der Waals surface area contributed by atoms with E-state index in [1.807, 2.05) is 0 Å². The lowest BCUT2D eigenvalue weighted by molar-refractivity contribution is 0.0692. The Balaban J connectivity index is 2.73. The molecular formula is C14H11NO7S. The smallest absolute Gasteiger partial charge is 0.336 e. The highest BCUT2D eigenvalue weighted by molar-refractivity contribution is 7.86. The first-order valence-electron chi connectivity index (χ1n) is 6.10. The van der Waals surface area contributed by atoms with Gasteiger partial charge in [0, 0.05) is 5.56 Å². The number of benzene rings is 2. The molecular weight excluding hydrogens is 326 g/mol. The van der Waals surface area contributed by atoms with Crippen LogP contribution in [0.1, 0.15) is 26.3 Å². The van der Waals surface area contributed by atoms with Crippen LogP contribution in [0.3, 0.4) is 0 Å². The molecule has 0 bridgehead atoms.